The molecular formula is C17H22ClN3O. The van der Waals surface area contributed by atoms with Crippen molar-refractivity contribution in [1.82, 2.24) is 14.7 Å². The van der Waals surface area contributed by atoms with Crippen LogP contribution in [0.1, 0.15) is 22.7 Å². The summed E-state index contributed by atoms with van der Waals surface area (Å²) < 4.78 is 1.94. The first-order valence-electron chi connectivity index (χ1n) is 7.64. The highest BCUT2D eigenvalue weighted by atomic mass is 35.5. The van der Waals surface area contributed by atoms with Gasteiger partial charge in [-0.3, -0.25) is 9.58 Å². The van der Waals surface area contributed by atoms with Crippen molar-refractivity contribution in [2.45, 2.75) is 19.4 Å². The van der Waals surface area contributed by atoms with Crippen LogP contribution in [0.2, 0.25) is 5.02 Å². The molecule has 1 aliphatic rings. The fourth-order valence-corrected chi connectivity index (χ4v) is 3.50. The number of benzene rings is 1. The molecule has 0 radical (unpaired) electrons. The minimum atomic E-state index is 0.216. The number of halogens is 1. The molecule has 1 aromatic carbocycles. The van der Waals surface area contributed by atoms with Gasteiger partial charge in [0.15, 0.2) is 0 Å². The smallest absolute Gasteiger partial charge is 0.0550 e. The molecule has 1 aliphatic heterocycles. The third kappa shape index (κ3) is 3.05. The molecule has 1 aromatic heterocycles. The number of aliphatic hydroxyl groups is 1. The molecule has 22 heavy (non-hydrogen) atoms. The van der Waals surface area contributed by atoms with Crippen molar-refractivity contribution in [1.29, 1.82) is 0 Å². The molecule has 1 saturated heterocycles. The second-order valence-corrected chi connectivity index (χ2v) is 6.63. The predicted molar refractivity (Wildman–Crippen MR) is 88.0 cm³/mol. The molecule has 0 unspecified atom stereocenters. The van der Waals surface area contributed by atoms with E-state index in [-0.39, 0.29) is 12.5 Å². The molecule has 0 bridgehead atoms. The molecule has 0 aliphatic carbocycles. The molecule has 4 nitrogen and oxygen atoms in total. The molecule has 0 amide bonds. The van der Waals surface area contributed by atoms with Crippen molar-refractivity contribution in [2.24, 2.45) is 13.0 Å². The fourth-order valence-electron chi connectivity index (χ4n) is 3.37. The minimum absolute atomic E-state index is 0.216. The van der Waals surface area contributed by atoms with E-state index in [4.69, 9.17) is 11.6 Å². The molecular weight excluding hydrogens is 298 g/mol. The Hall–Kier alpha value is -1.36. The highest BCUT2D eigenvalue weighted by Gasteiger charge is 2.33. The van der Waals surface area contributed by atoms with Crippen LogP contribution in [-0.2, 0) is 13.6 Å². The van der Waals surface area contributed by atoms with Crippen molar-refractivity contribution >= 4 is 11.6 Å². The highest BCUT2D eigenvalue weighted by molar-refractivity contribution is 6.30. The average Bonchev–Trinajstić information content (AvgIpc) is 3.06. The molecule has 1 N–H and O–H groups in total. The van der Waals surface area contributed by atoms with Crippen molar-refractivity contribution in [3.05, 3.63) is 52.3 Å². The first-order chi connectivity index (χ1) is 10.6. The van der Waals surface area contributed by atoms with E-state index in [1.807, 2.05) is 30.1 Å². The second kappa shape index (κ2) is 6.41. The van der Waals surface area contributed by atoms with Gasteiger partial charge in [0, 0.05) is 50.1 Å². The van der Waals surface area contributed by atoms with Gasteiger partial charge in [0.2, 0.25) is 0 Å². The van der Waals surface area contributed by atoms with E-state index in [0.29, 0.717) is 5.92 Å². The Morgan fingerprint density at radius 2 is 2.00 bits per heavy atom. The third-order valence-corrected chi connectivity index (χ3v) is 4.95. The number of rotatable bonds is 4. The fraction of sp³-hybridized carbons (Fsp3) is 0.471. The van der Waals surface area contributed by atoms with Crippen LogP contribution in [0, 0.1) is 12.8 Å². The number of aryl methyl sites for hydroxylation is 2. The van der Waals surface area contributed by atoms with E-state index in [1.165, 1.54) is 16.8 Å². The number of likely N-dealkylation sites (tertiary alicyclic amines) is 1. The van der Waals surface area contributed by atoms with Gasteiger partial charge in [-0.05, 0) is 30.2 Å². The molecule has 2 aromatic rings. The third-order valence-electron chi connectivity index (χ3n) is 4.69. The Bertz CT molecular complexity index is 618. The van der Waals surface area contributed by atoms with E-state index in [1.54, 1.807) is 0 Å². The van der Waals surface area contributed by atoms with E-state index >= 15 is 0 Å². The largest absolute Gasteiger partial charge is 0.396 e. The van der Waals surface area contributed by atoms with Gasteiger partial charge in [-0.1, -0.05) is 23.7 Å². The van der Waals surface area contributed by atoms with Crippen LogP contribution in [0.15, 0.2) is 30.5 Å². The van der Waals surface area contributed by atoms with E-state index in [0.717, 1.165) is 24.7 Å². The van der Waals surface area contributed by atoms with Crippen LogP contribution >= 0.6 is 11.6 Å². The van der Waals surface area contributed by atoms with E-state index in [9.17, 15) is 5.11 Å². The summed E-state index contributed by atoms with van der Waals surface area (Å²) in [4.78, 5) is 2.41. The number of aromatic nitrogens is 2. The van der Waals surface area contributed by atoms with Crippen LogP contribution in [0.5, 0.6) is 0 Å². The summed E-state index contributed by atoms with van der Waals surface area (Å²) in [6, 6.07) is 8.02. The van der Waals surface area contributed by atoms with Gasteiger partial charge in [0.1, 0.15) is 0 Å². The van der Waals surface area contributed by atoms with Gasteiger partial charge in [-0.2, -0.15) is 5.10 Å². The van der Waals surface area contributed by atoms with E-state index in [2.05, 4.69) is 29.1 Å². The van der Waals surface area contributed by atoms with Crippen molar-refractivity contribution in [3.8, 4) is 0 Å². The Morgan fingerprint density at radius 3 is 2.59 bits per heavy atom. The summed E-state index contributed by atoms with van der Waals surface area (Å²) in [6.07, 6.45) is 1.91. The molecule has 2 heterocycles. The topological polar surface area (TPSA) is 41.3 Å². The molecule has 1 fully saturated rings. The lowest BCUT2D eigenvalue weighted by molar-refractivity contribution is 0.213. The first kappa shape index (κ1) is 15.5. The standard InChI is InChI=1S/C17H22ClN3O/c1-12-7-19-20(2)17(12)10-21-8-14(11-22)16(9-21)13-3-5-15(18)6-4-13/h3-7,14,16,22H,8-11H2,1-2H3/t14-,16-/m0/s1. The summed E-state index contributed by atoms with van der Waals surface area (Å²) in [5.41, 5.74) is 3.72. The summed E-state index contributed by atoms with van der Waals surface area (Å²) in [6.45, 7) is 5.06. The van der Waals surface area contributed by atoms with Crippen LogP contribution in [-0.4, -0.2) is 39.5 Å². The van der Waals surface area contributed by atoms with Gasteiger partial charge < -0.3 is 5.11 Å². The number of nitrogens with zero attached hydrogens (tertiary/aromatic N) is 3. The first-order valence-corrected chi connectivity index (χ1v) is 8.02. The summed E-state index contributed by atoms with van der Waals surface area (Å²) in [5, 5.41) is 14.8. The van der Waals surface area contributed by atoms with Crippen molar-refractivity contribution in [2.75, 3.05) is 19.7 Å². The zero-order chi connectivity index (χ0) is 15.7. The Morgan fingerprint density at radius 1 is 1.27 bits per heavy atom. The molecule has 0 saturated carbocycles. The maximum atomic E-state index is 9.74. The number of hydrogen-bond acceptors (Lipinski definition) is 3. The SMILES string of the molecule is Cc1cnn(C)c1CN1C[C@@H](CO)[C@H](c2ccc(Cl)cc2)C1. The minimum Gasteiger partial charge on any atom is -0.396 e. The Labute approximate surface area is 136 Å². The van der Waals surface area contributed by atoms with Gasteiger partial charge in [-0.25, -0.2) is 0 Å². The zero-order valence-electron chi connectivity index (χ0n) is 13.0. The quantitative estimate of drug-likeness (QED) is 0.941. The predicted octanol–water partition coefficient (Wildman–Crippen LogP) is 2.59. The highest BCUT2D eigenvalue weighted by Crippen LogP contribution is 2.33. The zero-order valence-corrected chi connectivity index (χ0v) is 13.8. The molecule has 5 heteroatoms. The van der Waals surface area contributed by atoms with Gasteiger partial charge >= 0.3 is 0 Å². The lowest BCUT2D eigenvalue weighted by Gasteiger charge is -2.17. The molecule has 2 atom stereocenters. The van der Waals surface area contributed by atoms with Crippen LogP contribution in [0.25, 0.3) is 0 Å². The average molecular weight is 320 g/mol. The number of aliphatic hydroxyl groups excluding tert-OH is 1. The van der Waals surface area contributed by atoms with Crippen molar-refractivity contribution in [3.63, 3.8) is 0 Å². The van der Waals surface area contributed by atoms with Gasteiger partial charge in [0.05, 0.1) is 11.9 Å². The molecule has 0 spiro atoms. The summed E-state index contributed by atoms with van der Waals surface area (Å²) in [7, 11) is 1.98. The number of hydrogen-bond donors (Lipinski definition) is 1. The Kier molecular flexibility index (Phi) is 4.52. The molecule has 118 valence electrons. The van der Waals surface area contributed by atoms with Crippen LogP contribution < -0.4 is 0 Å². The van der Waals surface area contributed by atoms with Crippen LogP contribution in [0.4, 0.5) is 0 Å². The second-order valence-electron chi connectivity index (χ2n) is 6.19. The van der Waals surface area contributed by atoms with E-state index < -0.39 is 0 Å². The Balaban J connectivity index is 1.76. The summed E-state index contributed by atoms with van der Waals surface area (Å²) >= 11 is 5.98. The molecule has 3 rings (SSSR count). The monoisotopic (exact) mass is 319 g/mol. The normalized spacial score (nSPS) is 22.4. The lowest BCUT2D eigenvalue weighted by atomic mass is 9.90. The lowest BCUT2D eigenvalue weighted by Crippen LogP contribution is -2.23. The maximum Gasteiger partial charge on any atom is 0.0550 e. The maximum absolute atomic E-state index is 9.74. The van der Waals surface area contributed by atoms with Crippen LogP contribution in [0.3, 0.4) is 0 Å². The van der Waals surface area contributed by atoms with Crippen molar-refractivity contribution < 1.29 is 5.11 Å². The van der Waals surface area contributed by atoms with Gasteiger partial charge in [0.25, 0.3) is 0 Å². The van der Waals surface area contributed by atoms with Gasteiger partial charge in [-0.15, -0.1) is 0 Å². The summed E-state index contributed by atoms with van der Waals surface area (Å²) in [5.74, 6) is 0.630.